The Labute approximate surface area is 179 Å². The molecular formula is C25H31N5. The number of hydrogen-bond donors (Lipinski definition) is 2. The normalized spacial score (nSPS) is 15.0. The Morgan fingerprint density at radius 2 is 1.83 bits per heavy atom. The summed E-state index contributed by atoms with van der Waals surface area (Å²) in [6.07, 6.45) is 6.46. The Hall–Kier alpha value is -2.92. The molecule has 5 nitrogen and oxygen atoms in total. The summed E-state index contributed by atoms with van der Waals surface area (Å²) >= 11 is 0. The molecule has 1 aliphatic carbocycles. The van der Waals surface area contributed by atoms with Crippen molar-refractivity contribution in [2.75, 3.05) is 38.2 Å². The molecule has 1 atom stereocenters. The number of nitrogen functional groups attached to an aromatic ring is 1. The van der Waals surface area contributed by atoms with Gasteiger partial charge in [-0.1, -0.05) is 42.8 Å². The minimum atomic E-state index is 0.299. The van der Waals surface area contributed by atoms with Gasteiger partial charge in [-0.05, 0) is 68.7 Å². The van der Waals surface area contributed by atoms with E-state index in [-0.39, 0.29) is 0 Å². The van der Waals surface area contributed by atoms with Crippen molar-refractivity contribution in [3.63, 3.8) is 0 Å². The number of unbranched alkanes of at least 4 members (excludes halogenated alkanes) is 2. The van der Waals surface area contributed by atoms with Crippen LogP contribution in [-0.2, 0) is 6.42 Å². The third-order valence-electron chi connectivity index (χ3n) is 5.78. The molecule has 0 saturated heterocycles. The first-order chi connectivity index (χ1) is 14.6. The minimum Gasteiger partial charge on any atom is -0.399 e. The lowest BCUT2D eigenvalue weighted by Crippen LogP contribution is -2.16. The van der Waals surface area contributed by atoms with Crippen LogP contribution in [0.1, 0.15) is 41.9 Å². The van der Waals surface area contributed by atoms with Gasteiger partial charge in [-0.15, -0.1) is 0 Å². The van der Waals surface area contributed by atoms with Crippen LogP contribution in [0.3, 0.4) is 0 Å². The summed E-state index contributed by atoms with van der Waals surface area (Å²) in [6, 6.07) is 16.8. The highest BCUT2D eigenvalue weighted by molar-refractivity contribution is 5.72. The number of nitrogens with two attached hydrogens (primary N) is 1. The van der Waals surface area contributed by atoms with Gasteiger partial charge in [-0.3, -0.25) is 0 Å². The van der Waals surface area contributed by atoms with Gasteiger partial charge in [0.2, 0.25) is 5.95 Å². The van der Waals surface area contributed by atoms with Gasteiger partial charge in [-0.25, -0.2) is 9.97 Å². The van der Waals surface area contributed by atoms with Crippen LogP contribution in [-0.4, -0.2) is 42.1 Å². The molecule has 3 N–H and O–H groups in total. The third kappa shape index (κ3) is 4.62. The topological polar surface area (TPSA) is 67.1 Å². The van der Waals surface area contributed by atoms with Crippen molar-refractivity contribution >= 4 is 11.6 Å². The number of hydrogen-bond acceptors (Lipinski definition) is 5. The van der Waals surface area contributed by atoms with E-state index in [2.05, 4.69) is 65.7 Å². The molecule has 0 aliphatic heterocycles. The monoisotopic (exact) mass is 401 g/mol. The second-order valence-electron chi connectivity index (χ2n) is 8.37. The van der Waals surface area contributed by atoms with E-state index in [1.165, 1.54) is 35.1 Å². The molecule has 30 heavy (non-hydrogen) atoms. The second-order valence-corrected chi connectivity index (χ2v) is 8.37. The molecule has 4 rings (SSSR count). The number of aromatic nitrogens is 2. The maximum Gasteiger partial charge on any atom is 0.223 e. The van der Waals surface area contributed by atoms with Crippen molar-refractivity contribution < 1.29 is 0 Å². The molecule has 156 valence electrons. The van der Waals surface area contributed by atoms with Crippen LogP contribution in [0.2, 0.25) is 0 Å². The van der Waals surface area contributed by atoms with Gasteiger partial charge in [0, 0.05) is 29.9 Å². The van der Waals surface area contributed by atoms with Crippen molar-refractivity contribution in [2.24, 2.45) is 0 Å². The average Bonchev–Trinajstić information content (AvgIpc) is 2.76. The maximum absolute atomic E-state index is 5.89. The summed E-state index contributed by atoms with van der Waals surface area (Å²) in [7, 11) is 4.24. The molecule has 1 aliphatic rings. The van der Waals surface area contributed by atoms with Gasteiger partial charge in [0.1, 0.15) is 0 Å². The van der Waals surface area contributed by atoms with Gasteiger partial charge >= 0.3 is 0 Å². The molecule has 2 aromatic carbocycles. The fourth-order valence-electron chi connectivity index (χ4n) is 4.18. The summed E-state index contributed by atoms with van der Waals surface area (Å²) in [5, 5.41) is 3.41. The standard InChI is InChI=1S/C25H31N5/c1-30(2)15-7-3-6-14-27-25-28-17-19-16-23(18-10-12-20(26)13-11-18)21-8-4-5-9-22(21)24(19)29-25/h4-5,8-13,17,23H,3,6-7,14-16,26H2,1-2H3,(H,27,28,29). The summed E-state index contributed by atoms with van der Waals surface area (Å²) in [5.41, 5.74) is 12.8. The van der Waals surface area contributed by atoms with Crippen LogP contribution in [0.15, 0.2) is 54.7 Å². The third-order valence-corrected chi connectivity index (χ3v) is 5.78. The molecule has 5 heteroatoms. The average molecular weight is 402 g/mol. The van der Waals surface area contributed by atoms with E-state index in [4.69, 9.17) is 10.7 Å². The van der Waals surface area contributed by atoms with E-state index < -0.39 is 0 Å². The summed E-state index contributed by atoms with van der Waals surface area (Å²) in [4.78, 5) is 11.7. The quantitative estimate of drug-likeness (QED) is 0.428. The number of anilines is 2. The van der Waals surface area contributed by atoms with Crippen LogP contribution >= 0.6 is 0 Å². The molecule has 1 unspecified atom stereocenters. The van der Waals surface area contributed by atoms with E-state index >= 15 is 0 Å². The second kappa shape index (κ2) is 9.26. The predicted octanol–water partition coefficient (Wildman–Crippen LogP) is 4.56. The molecule has 0 spiro atoms. The first-order valence-corrected chi connectivity index (χ1v) is 10.8. The Balaban J connectivity index is 1.50. The highest BCUT2D eigenvalue weighted by Gasteiger charge is 2.27. The van der Waals surface area contributed by atoms with E-state index in [0.717, 1.165) is 43.3 Å². The lowest BCUT2D eigenvalue weighted by atomic mass is 9.78. The zero-order valence-electron chi connectivity index (χ0n) is 17.9. The van der Waals surface area contributed by atoms with Crippen LogP contribution < -0.4 is 11.1 Å². The van der Waals surface area contributed by atoms with Crippen molar-refractivity contribution in [1.82, 2.24) is 14.9 Å². The molecule has 1 heterocycles. The Morgan fingerprint density at radius 1 is 1.03 bits per heavy atom. The highest BCUT2D eigenvalue weighted by Crippen LogP contribution is 2.41. The van der Waals surface area contributed by atoms with Crippen molar-refractivity contribution in [2.45, 2.75) is 31.6 Å². The molecule has 0 radical (unpaired) electrons. The molecule has 0 fully saturated rings. The molecule has 1 aromatic heterocycles. The Morgan fingerprint density at radius 3 is 2.63 bits per heavy atom. The molecule has 0 bridgehead atoms. The molecule has 3 aromatic rings. The number of nitrogens with zero attached hydrogens (tertiary/aromatic N) is 3. The Bertz CT molecular complexity index is 981. The first-order valence-electron chi connectivity index (χ1n) is 10.8. The fourth-order valence-corrected chi connectivity index (χ4v) is 4.18. The maximum atomic E-state index is 5.89. The van der Waals surface area contributed by atoms with Crippen LogP contribution in [0.5, 0.6) is 0 Å². The fraction of sp³-hybridized carbons (Fsp3) is 0.360. The summed E-state index contributed by atoms with van der Waals surface area (Å²) in [5.74, 6) is 1.02. The highest BCUT2D eigenvalue weighted by atomic mass is 15.1. The van der Waals surface area contributed by atoms with Crippen LogP contribution in [0.25, 0.3) is 11.3 Å². The van der Waals surface area contributed by atoms with Gasteiger partial charge in [-0.2, -0.15) is 0 Å². The van der Waals surface area contributed by atoms with Crippen molar-refractivity contribution in [1.29, 1.82) is 0 Å². The Kier molecular flexibility index (Phi) is 6.29. The molecule has 0 amide bonds. The smallest absolute Gasteiger partial charge is 0.223 e. The summed E-state index contributed by atoms with van der Waals surface area (Å²) < 4.78 is 0. The number of rotatable bonds is 8. The van der Waals surface area contributed by atoms with Gasteiger partial charge in [0.25, 0.3) is 0 Å². The largest absolute Gasteiger partial charge is 0.399 e. The first kappa shape index (κ1) is 20.4. The zero-order chi connectivity index (χ0) is 20.9. The molecule has 0 saturated carbocycles. The van der Waals surface area contributed by atoms with E-state index in [1.54, 1.807) is 0 Å². The van der Waals surface area contributed by atoms with E-state index in [1.807, 2.05) is 18.3 Å². The zero-order valence-corrected chi connectivity index (χ0v) is 17.9. The van der Waals surface area contributed by atoms with Gasteiger partial charge in [0.05, 0.1) is 5.69 Å². The van der Waals surface area contributed by atoms with E-state index in [9.17, 15) is 0 Å². The van der Waals surface area contributed by atoms with E-state index in [0.29, 0.717) is 5.92 Å². The van der Waals surface area contributed by atoms with Crippen molar-refractivity contribution in [3.8, 4) is 11.3 Å². The van der Waals surface area contributed by atoms with Crippen LogP contribution in [0, 0.1) is 0 Å². The van der Waals surface area contributed by atoms with Gasteiger partial charge in [0.15, 0.2) is 0 Å². The lowest BCUT2D eigenvalue weighted by molar-refractivity contribution is 0.392. The number of nitrogens with one attached hydrogen (secondary N) is 1. The summed E-state index contributed by atoms with van der Waals surface area (Å²) in [6.45, 7) is 2.04. The SMILES string of the molecule is CN(C)CCCCCNc1ncc2c(n1)-c1ccccc1C(c1ccc(N)cc1)C2. The number of benzene rings is 2. The predicted molar refractivity (Wildman–Crippen MR) is 125 cm³/mol. The lowest BCUT2D eigenvalue weighted by Gasteiger charge is -2.27. The van der Waals surface area contributed by atoms with Crippen molar-refractivity contribution in [3.05, 3.63) is 71.4 Å². The molecular weight excluding hydrogens is 370 g/mol. The van der Waals surface area contributed by atoms with Crippen LogP contribution in [0.4, 0.5) is 11.6 Å². The van der Waals surface area contributed by atoms with Gasteiger partial charge < -0.3 is 16.0 Å². The number of fused-ring (bicyclic) bond motifs is 3. The minimum absolute atomic E-state index is 0.299.